The Bertz CT molecular complexity index is 669. The molecule has 0 bridgehead atoms. The van der Waals surface area contributed by atoms with Gasteiger partial charge in [-0.05, 0) is 29.8 Å². The van der Waals surface area contributed by atoms with Gasteiger partial charge >= 0.3 is 0 Å². The van der Waals surface area contributed by atoms with E-state index in [0.717, 1.165) is 11.3 Å². The number of amides is 2. The summed E-state index contributed by atoms with van der Waals surface area (Å²) in [6.45, 7) is 1.79. The fourth-order valence-electron chi connectivity index (χ4n) is 1.85. The van der Waals surface area contributed by atoms with Gasteiger partial charge in [-0.1, -0.05) is 12.1 Å². The van der Waals surface area contributed by atoms with Crippen LogP contribution < -0.4 is 15.4 Å². The fourth-order valence-corrected chi connectivity index (χ4v) is 1.85. The maximum absolute atomic E-state index is 12.1. The predicted molar refractivity (Wildman–Crippen MR) is 82.7 cm³/mol. The molecule has 0 aliphatic heterocycles. The van der Waals surface area contributed by atoms with Gasteiger partial charge in [-0.25, -0.2) is 4.98 Å². The van der Waals surface area contributed by atoms with Crippen molar-refractivity contribution in [3.8, 4) is 5.75 Å². The number of anilines is 1. The van der Waals surface area contributed by atoms with E-state index in [9.17, 15) is 9.59 Å². The second-order valence-corrected chi connectivity index (χ2v) is 4.64. The Labute approximate surface area is 128 Å². The minimum atomic E-state index is -0.233. The molecule has 2 rings (SSSR count). The van der Waals surface area contributed by atoms with Crippen LogP contribution in [-0.4, -0.2) is 23.9 Å². The number of rotatable bonds is 5. The van der Waals surface area contributed by atoms with Crippen molar-refractivity contribution in [1.82, 2.24) is 10.3 Å². The van der Waals surface area contributed by atoms with Crippen molar-refractivity contribution in [3.63, 3.8) is 0 Å². The third-order valence-corrected chi connectivity index (χ3v) is 2.94. The van der Waals surface area contributed by atoms with E-state index in [1.807, 2.05) is 24.3 Å². The summed E-state index contributed by atoms with van der Waals surface area (Å²) < 4.78 is 5.08. The first kappa shape index (κ1) is 15.5. The van der Waals surface area contributed by atoms with Gasteiger partial charge in [0.1, 0.15) is 11.6 Å². The lowest BCUT2D eigenvalue weighted by Crippen LogP contribution is -2.23. The summed E-state index contributed by atoms with van der Waals surface area (Å²) in [4.78, 5) is 27.1. The molecule has 6 nitrogen and oxygen atoms in total. The number of carbonyl (C=O) groups is 2. The number of hydrogen-bond donors (Lipinski definition) is 2. The van der Waals surface area contributed by atoms with E-state index in [0.29, 0.717) is 17.9 Å². The summed E-state index contributed by atoms with van der Waals surface area (Å²) in [5, 5.41) is 5.36. The molecule has 0 radical (unpaired) electrons. The van der Waals surface area contributed by atoms with Crippen molar-refractivity contribution < 1.29 is 14.3 Å². The zero-order chi connectivity index (χ0) is 15.9. The van der Waals surface area contributed by atoms with Crippen molar-refractivity contribution in [2.75, 3.05) is 12.4 Å². The predicted octanol–water partition coefficient (Wildman–Crippen LogP) is 1.98. The van der Waals surface area contributed by atoms with Crippen LogP contribution in [0.15, 0.2) is 42.6 Å². The van der Waals surface area contributed by atoms with Crippen LogP contribution in [0.1, 0.15) is 22.8 Å². The van der Waals surface area contributed by atoms with Crippen LogP contribution in [-0.2, 0) is 11.3 Å². The molecular formula is C16H17N3O3. The molecule has 0 spiro atoms. The highest BCUT2D eigenvalue weighted by Gasteiger charge is 2.07. The summed E-state index contributed by atoms with van der Waals surface area (Å²) in [6.07, 6.45) is 1.48. The van der Waals surface area contributed by atoms with Crippen LogP contribution >= 0.6 is 0 Å². The Hall–Kier alpha value is -2.89. The highest BCUT2D eigenvalue weighted by atomic mass is 16.5. The second-order valence-electron chi connectivity index (χ2n) is 4.64. The summed E-state index contributed by atoms with van der Waals surface area (Å²) in [5.74, 6) is 0.655. The second kappa shape index (κ2) is 7.21. The molecule has 22 heavy (non-hydrogen) atoms. The normalized spacial score (nSPS) is 9.91. The lowest BCUT2D eigenvalue weighted by atomic mass is 10.2. The van der Waals surface area contributed by atoms with Crippen LogP contribution in [0.5, 0.6) is 5.75 Å². The van der Waals surface area contributed by atoms with Crippen molar-refractivity contribution in [2.45, 2.75) is 13.5 Å². The average Bonchev–Trinajstić information content (AvgIpc) is 2.52. The number of hydrogen-bond acceptors (Lipinski definition) is 4. The molecule has 0 aliphatic rings. The van der Waals surface area contributed by atoms with E-state index in [2.05, 4.69) is 15.6 Å². The van der Waals surface area contributed by atoms with Gasteiger partial charge in [0.05, 0.1) is 7.11 Å². The summed E-state index contributed by atoms with van der Waals surface area (Å²) >= 11 is 0. The number of aromatic nitrogens is 1. The maximum Gasteiger partial charge on any atom is 0.251 e. The van der Waals surface area contributed by atoms with E-state index in [-0.39, 0.29) is 11.8 Å². The zero-order valence-electron chi connectivity index (χ0n) is 12.4. The molecule has 114 valence electrons. The third-order valence-electron chi connectivity index (χ3n) is 2.94. The number of carbonyl (C=O) groups excluding carboxylic acids is 2. The number of pyridine rings is 1. The Morgan fingerprint density at radius 1 is 1.18 bits per heavy atom. The van der Waals surface area contributed by atoms with Gasteiger partial charge in [-0.15, -0.1) is 0 Å². The number of methoxy groups -OCH3 is 1. The summed E-state index contributed by atoms with van der Waals surface area (Å²) in [5.41, 5.74) is 1.40. The average molecular weight is 299 g/mol. The SMILES string of the molecule is COc1ccc(CNC(=O)c2ccnc(NC(C)=O)c2)cc1. The Morgan fingerprint density at radius 3 is 2.55 bits per heavy atom. The van der Waals surface area contributed by atoms with Gasteiger partial charge in [0.15, 0.2) is 0 Å². The van der Waals surface area contributed by atoms with Crippen LogP contribution in [0.2, 0.25) is 0 Å². The van der Waals surface area contributed by atoms with Gasteiger partial charge in [0, 0.05) is 25.2 Å². The Morgan fingerprint density at radius 2 is 1.91 bits per heavy atom. The molecule has 1 aromatic carbocycles. The number of nitrogens with one attached hydrogen (secondary N) is 2. The molecule has 0 unspecified atom stereocenters. The van der Waals surface area contributed by atoms with E-state index < -0.39 is 0 Å². The molecule has 2 aromatic rings. The van der Waals surface area contributed by atoms with Crippen molar-refractivity contribution in [2.24, 2.45) is 0 Å². The first-order chi connectivity index (χ1) is 10.6. The maximum atomic E-state index is 12.1. The van der Waals surface area contributed by atoms with Gasteiger partial charge in [0.25, 0.3) is 5.91 Å². The molecular weight excluding hydrogens is 282 g/mol. The first-order valence-corrected chi connectivity index (χ1v) is 6.73. The zero-order valence-corrected chi connectivity index (χ0v) is 12.4. The first-order valence-electron chi connectivity index (χ1n) is 6.73. The van der Waals surface area contributed by atoms with Gasteiger partial charge in [0.2, 0.25) is 5.91 Å². The van der Waals surface area contributed by atoms with Crippen molar-refractivity contribution in [1.29, 1.82) is 0 Å². The largest absolute Gasteiger partial charge is 0.497 e. The standard InChI is InChI=1S/C16H17N3O3/c1-11(20)19-15-9-13(7-8-17-15)16(21)18-10-12-3-5-14(22-2)6-4-12/h3-9H,10H2,1-2H3,(H,18,21)(H,17,19,20). The molecule has 6 heteroatoms. The summed E-state index contributed by atoms with van der Waals surface area (Å²) in [6, 6.07) is 10.6. The van der Waals surface area contributed by atoms with Gasteiger partial charge < -0.3 is 15.4 Å². The van der Waals surface area contributed by atoms with E-state index >= 15 is 0 Å². The van der Waals surface area contributed by atoms with Crippen LogP contribution in [0.25, 0.3) is 0 Å². The summed E-state index contributed by atoms with van der Waals surface area (Å²) in [7, 11) is 1.60. The molecule has 0 fully saturated rings. The highest BCUT2D eigenvalue weighted by molar-refractivity contribution is 5.96. The molecule has 2 N–H and O–H groups in total. The molecule has 0 saturated carbocycles. The quantitative estimate of drug-likeness (QED) is 0.884. The minimum absolute atomic E-state index is 0.232. The topological polar surface area (TPSA) is 80.3 Å². The molecule has 0 saturated heterocycles. The van der Waals surface area contributed by atoms with Crippen LogP contribution in [0, 0.1) is 0 Å². The Balaban J connectivity index is 1.97. The number of benzene rings is 1. The third kappa shape index (κ3) is 4.31. The lowest BCUT2D eigenvalue weighted by molar-refractivity contribution is -0.114. The van der Waals surface area contributed by atoms with E-state index in [1.165, 1.54) is 19.2 Å². The minimum Gasteiger partial charge on any atom is -0.497 e. The molecule has 1 heterocycles. The number of nitrogens with zero attached hydrogens (tertiary/aromatic N) is 1. The molecule has 0 aliphatic carbocycles. The van der Waals surface area contributed by atoms with Crippen molar-refractivity contribution >= 4 is 17.6 Å². The monoisotopic (exact) mass is 299 g/mol. The van der Waals surface area contributed by atoms with Gasteiger partial charge in [-0.3, -0.25) is 9.59 Å². The highest BCUT2D eigenvalue weighted by Crippen LogP contribution is 2.11. The van der Waals surface area contributed by atoms with E-state index in [1.54, 1.807) is 13.2 Å². The van der Waals surface area contributed by atoms with Crippen LogP contribution in [0.3, 0.4) is 0 Å². The Kier molecular flexibility index (Phi) is 5.08. The smallest absolute Gasteiger partial charge is 0.251 e. The van der Waals surface area contributed by atoms with E-state index in [4.69, 9.17) is 4.74 Å². The van der Waals surface area contributed by atoms with Gasteiger partial charge in [-0.2, -0.15) is 0 Å². The number of ether oxygens (including phenoxy) is 1. The lowest BCUT2D eigenvalue weighted by Gasteiger charge is -2.07. The van der Waals surface area contributed by atoms with Crippen molar-refractivity contribution in [3.05, 3.63) is 53.7 Å². The molecule has 2 amide bonds. The fraction of sp³-hybridized carbons (Fsp3) is 0.188. The van der Waals surface area contributed by atoms with Crippen LogP contribution in [0.4, 0.5) is 5.82 Å². The molecule has 0 atom stereocenters. The molecule has 1 aromatic heterocycles.